The van der Waals surface area contributed by atoms with Gasteiger partial charge in [0, 0.05) is 12.5 Å². The number of methoxy groups -OCH3 is 1. The minimum absolute atomic E-state index is 0.183. The molecule has 120 valence electrons. The Kier molecular flexibility index (Phi) is 4.21. The smallest absolute Gasteiger partial charge is 0.254 e. The van der Waals surface area contributed by atoms with E-state index >= 15 is 0 Å². The molecule has 0 aliphatic rings. The van der Waals surface area contributed by atoms with Gasteiger partial charge in [-0.05, 0) is 32.0 Å². The fourth-order valence-electron chi connectivity index (χ4n) is 2.60. The molecule has 0 saturated carbocycles. The van der Waals surface area contributed by atoms with Crippen LogP contribution < -0.4 is 5.32 Å². The lowest BCUT2D eigenvalue weighted by Crippen LogP contribution is -2.29. The third-order valence-electron chi connectivity index (χ3n) is 3.78. The number of furan rings is 2. The zero-order chi connectivity index (χ0) is 16.4. The number of para-hydroxylation sites is 1. The predicted octanol–water partition coefficient (Wildman–Crippen LogP) is 3.76. The van der Waals surface area contributed by atoms with Crippen molar-refractivity contribution in [1.29, 1.82) is 0 Å². The summed E-state index contributed by atoms with van der Waals surface area (Å²) in [6.07, 6.45) is -0.348. The van der Waals surface area contributed by atoms with E-state index < -0.39 is 0 Å². The maximum atomic E-state index is 12.2. The molecule has 3 aromatic rings. The number of hydrogen-bond donors (Lipinski definition) is 1. The molecule has 0 unspecified atom stereocenters. The summed E-state index contributed by atoms with van der Waals surface area (Å²) in [6.45, 7) is 3.91. The highest BCUT2D eigenvalue weighted by Crippen LogP contribution is 2.25. The highest BCUT2D eigenvalue weighted by atomic mass is 16.5. The number of aryl methyl sites for hydroxylation is 2. The molecule has 0 radical (unpaired) electrons. The minimum Gasteiger partial charge on any atom is -0.466 e. The third kappa shape index (κ3) is 3.14. The van der Waals surface area contributed by atoms with Crippen molar-refractivity contribution in [2.75, 3.05) is 13.7 Å². The van der Waals surface area contributed by atoms with Crippen LogP contribution in [-0.2, 0) is 4.74 Å². The van der Waals surface area contributed by atoms with Gasteiger partial charge in [-0.3, -0.25) is 4.79 Å². The first-order valence-electron chi connectivity index (χ1n) is 7.45. The van der Waals surface area contributed by atoms with Crippen molar-refractivity contribution in [3.8, 4) is 0 Å². The van der Waals surface area contributed by atoms with Gasteiger partial charge in [0.2, 0.25) is 0 Å². The molecule has 2 aromatic heterocycles. The van der Waals surface area contributed by atoms with Crippen LogP contribution in [0.2, 0.25) is 0 Å². The molecule has 2 heterocycles. The molecule has 1 aromatic carbocycles. The number of carbonyl (C=O) groups excluding carboxylic acids is 1. The monoisotopic (exact) mass is 313 g/mol. The van der Waals surface area contributed by atoms with Gasteiger partial charge in [-0.2, -0.15) is 0 Å². The largest absolute Gasteiger partial charge is 0.466 e. The molecule has 5 nitrogen and oxygen atoms in total. The summed E-state index contributed by atoms with van der Waals surface area (Å²) in [6, 6.07) is 11.4. The van der Waals surface area contributed by atoms with Crippen molar-refractivity contribution >= 4 is 16.9 Å². The van der Waals surface area contributed by atoms with Gasteiger partial charge in [0.15, 0.2) is 0 Å². The summed E-state index contributed by atoms with van der Waals surface area (Å²) in [7, 11) is 1.59. The normalized spacial score (nSPS) is 12.5. The second kappa shape index (κ2) is 6.30. The van der Waals surface area contributed by atoms with Crippen molar-refractivity contribution in [1.82, 2.24) is 5.32 Å². The molecule has 1 N–H and O–H groups in total. The van der Waals surface area contributed by atoms with Crippen LogP contribution in [-0.4, -0.2) is 19.6 Å². The fraction of sp³-hybridized carbons (Fsp3) is 0.278. The minimum atomic E-state index is -0.348. The van der Waals surface area contributed by atoms with E-state index in [0.717, 1.165) is 11.0 Å². The van der Waals surface area contributed by atoms with Crippen LogP contribution in [0.15, 0.2) is 45.2 Å². The molecule has 0 bridgehead atoms. The number of ether oxygens (including phenoxy) is 1. The van der Waals surface area contributed by atoms with E-state index in [1.165, 1.54) is 0 Å². The molecule has 3 rings (SSSR count). The first-order valence-corrected chi connectivity index (χ1v) is 7.45. The van der Waals surface area contributed by atoms with E-state index in [-0.39, 0.29) is 12.0 Å². The quantitative estimate of drug-likeness (QED) is 0.779. The molecule has 0 fully saturated rings. The number of fused-ring (bicyclic) bond motifs is 1. The summed E-state index contributed by atoms with van der Waals surface area (Å²) in [5.41, 5.74) is 1.35. The summed E-state index contributed by atoms with van der Waals surface area (Å²) >= 11 is 0. The summed E-state index contributed by atoms with van der Waals surface area (Å²) in [4.78, 5) is 12.2. The highest BCUT2D eigenvalue weighted by Gasteiger charge is 2.19. The van der Waals surface area contributed by atoms with Crippen molar-refractivity contribution in [2.24, 2.45) is 0 Å². The Balaban J connectivity index is 1.72. The zero-order valence-corrected chi connectivity index (χ0v) is 13.4. The van der Waals surface area contributed by atoms with Crippen molar-refractivity contribution in [2.45, 2.75) is 20.0 Å². The standard InChI is InChI=1S/C18H19NO4/c1-11-8-14(12(2)22-11)18(20)19-10-17(21-3)16-9-13-6-4-5-7-15(13)23-16/h4-9,17H,10H2,1-3H3,(H,19,20)/t17-/m0/s1. The van der Waals surface area contributed by atoms with Crippen molar-refractivity contribution in [3.05, 3.63) is 59.2 Å². The molecule has 0 aliphatic heterocycles. The molecule has 0 saturated heterocycles. The van der Waals surface area contributed by atoms with E-state index in [1.807, 2.05) is 37.3 Å². The van der Waals surface area contributed by atoms with Gasteiger partial charge < -0.3 is 18.9 Å². The first-order chi connectivity index (χ1) is 11.1. The number of benzene rings is 1. The Morgan fingerprint density at radius 3 is 2.65 bits per heavy atom. The Morgan fingerprint density at radius 1 is 1.22 bits per heavy atom. The van der Waals surface area contributed by atoms with E-state index in [1.54, 1.807) is 20.1 Å². The van der Waals surface area contributed by atoms with Gasteiger partial charge in [0.1, 0.15) is 29.0 Å². The molecule has 23 heavy (non-hydrogen) atoms. The van der Waals surface area contributed by atoms with Gasteiger partial charge in [0.25, 0.3) is 5.91 Å². The first kappa shape index (κ1) is 15.4. The lowest BCUT2D eigenvalue weighted by Gasteiger charge is -2.13. The SMILES string of the molecule is CO[C@@H](CNC(=O)c1cc(C)oc1C)c1cc2ccccc2o1. The average Bonchev–Trinajstić information content (AvgIpc) is 3.10. The third-order valence-corrected chi connectivity index (χ3v) is 3.78. The lowest BCUT2D eigenvalue weighted by molar-refractivity contribution is 0.0746. The van der Waals surface area contributed by atoms with Crippen LogP contribution in [0.5, 0.6) is 0 Å². The van der Waals surface area contributed by atoms with Crippen LogP contribution in [0.3, 0.4) is 0 Å². The molecule has 1 amide bonds. The molecular formula is C18H19NO4. The Labute approximate surface area is 134 Å². The van der Waals surface area contributed by atoms with E-state index in [0.29, 0.717) is 29.4 Å². The van der Waals surface area contributed by atoms with E-state index in [2.05, 4.69) is 5.32 Å². The zero-order valence-electron chi connectivity index (χ0n) is 13.4. The van der Waals surface area contributed by atoms with Crippen LogP contribution in [0.4, 0.5) is 0 Å². The average molecular weight is 313 g/mol. The number of carbonyl (C=O) groups is 1. The summed E-state index contributed by atoms with van der Waals surface area (Å²) in [5.74, 6) is 1.83. The van der Waals surface area contributed by atoms with Crippen LogP contribution in [0, 0.1) is 13.8 Å². The van der Waals surface area contributed by atoms with Gasteiger partial charge in [0.05, 0.1) is 12.1 Å². The Morgan fingerprint density at radius 2 is 2.00 bits per heavy atom. The number of nitrogens with one attached hydrogen (secondary N) is 1. The van der Waals surface area contributed by atoms with Crippen molar-refractivity contribution in [3.63, 3.8) is 0 Å². The number of hydrogen-bond acceptors (Lipinski definition) is 4. The van der Waals surface area contributed by atoms with Crippen LogP contribution in [0.1, 0.15) is 33.7 Å². The molecule has 0 spiro atoms. The number of amides is 1. The Bertz CT molecular complexity index is 798. The fourth-order valence-corrected chi connectivity index (χ4v) is 2.60. The number of rotatable bonds is 5. The predicted molar refractivity (Wildman–Crippen MR) is 86.5 cm³/mol. The van der Waals surface area contributed by atoms with Gasteiger partial charge in [-0.15, -0.1) is 0 Å². The van der Waals surface area contributed by atoms with E-state index in [9.17, 15) is 4.79 Å². The van der Waals surface area contributed by atoms with Crippen LogP contribution in [0.25, 0.3) is 11.0 Å². The van der Waals surface area contributed by atoms with Crippen molar-refractivity contribution < 1.29 is 18.4 Å². The maximum absolute atomic E-state index is 12.2. The summed E-state index contributed by atoms with van der Waals surface area (Å²) < 4.78 is 16.6. The second-order valence-electron chi connectivity index (χ2n) is 5.45. The van der Waals surface area contributed by atoms with E-state index in [4.69, 9.17) is 13.6 Å². The maximum Gasteiger partial charge on any atom is 0.254 e. The van der Waals surface area contributed by atoms with Gasteiger partial charge >= 0.3 is 0 Å². The second-order valence-corrected chi connectivity index (χ2v) is 5.45. The molecule has 5 heteroatoms. The van der Waals surface area contributed by atoms with Gasteiger partial charge in [-0.25, -0.2) is 0 Å². The highest BCUT2D eigenvalue weighted by molar-refractivity contribution is 5.95. The Hall–Kier alpha value is -2.53. The molecule has 1 atom stereocenters. The van der Waals surface area contributed by atoms with Crippen LogP contribution >= 0.6 is 0 Å². The lowest BCUT2D eigenvalue weighted by atomic mass is 10.2. The topological polar surface area (TPSA) is 64.6 Å². The summed E-state index contributed by atoms with van der Waals surface area (Å²) in [5, 5.41) is 3.87. The molecule has 0 aliphatic carbocycles. The van der Waals surface area contributed by atoms with Gasteiger partial charge in [-0.1, -0.05) is 18.2 Å². The molecular weight excluding hydrogens is 294 g/mol.